The van der Waals surface area contributed by atoms with Gasteiger partial charge in [0.15, 0.2) is 0 Å². The smallest absolute Gasteiger partial charge is 0.333 e. The highest BCUT2D eigenvalue weighted by Gasteiger charge is 2.15. The van der Waals surface area contributed by atoms with Crippen molar-refractivity contribution in [2.75, 3.05) is 19.5 Å². The van der Waals surface area contributed by atoms with Gasteiger partial charge in [-0.3, -0.25) is 0 Å². The predicted octanol–water partition coefficient (Wildman–Crippen LogP) is 4.57. The second kappa shape index (κ2) is 8.46. The van der Waals surface area contributed by atoms with Gasteiger partial charge in [-0.05, 0) is 36.1 Å². The van der Waals surface area contributed by atoms with Crippen LogP contribution >= 0.6 is 11.8 Å². The van der Waals surface area contributed by atoms with E-state index in [9.17, 15) is 9.90 Å². The fourth-order valence-electron chi connectivity index (χ4n) is 2.89. The Bertz CT molecular complexity index is 996. The number of fused-ring (bicyclic) bond motifs is 2. The van der Waals surface area contributed by atoms with Crippen molar-refractivity contribution in [3.05, 3.63) is 60.7 Å². The molecule has 3 aromatic rings. The van der Waals surface area contributed by atoms with Gasteiger partial charge in [0.05, 0.1) is 0 Å². The fraction of sp³-hybridized carbons (Fsp3) is 0.227. The highest BCUT2D eigenvalue weighted by molar-refractivity contribution is 7.98. The van der Waals surface area contributed by atoms with Crippen LogP contribution in [0.4, 0.5) is 0 Å². The molecule has 0 aliphatic carbocycles. The molecule has 1 unspecified atom stereocenters. The quantitative estimate of drug-likeness (QED) is 0.281. The zero-order valence-electron chi connectivity index (χ0n) is 15.4. The maximum absolute atomic E-state index is 11.5. The van der Waals surface area contributed by atoms with Gasteiger partial charge in [0.1, 0.15) is 25.1 Å². The standard InChI is InChI=1S/C22H22O4S/c1-14(2)22(24)26-13-17(23)12-25-21-18-9-5-4-7-15(18)11-16-8-6-10-19(27-3)20(16)21/h4-11,17,23H,1,12-13H2,2-3H3. The second-order valence-electron chi connectivity index (χ2n) is 6.33. The number of carbonyl (C=O) groups excluding carboxylic acids is 1. The minimum absolute atomic E-state index is 0.0231. The average Bonchev–Trinajstić information content (AvgIpc) is 2.68. The van der Waals surface area contributed by atoms with Crippen LogP contribution in [0, 0.1) is 0 Å². The monoisotopic (exact) mass is 382 g/mol. The van der Waals surface area contributed by atoms with Crippen molar-refractivity contribution in [1.29, 1.82) is 0 Å². The van der Waals surface area contributed by atoms with Gasteiger partial charge in [0, 0.05) is 21.2 Å². The molecule has 0 aromatic heterocycles. The molecule has 0 spiro atoms. The van der Waals surface area contributed by atoms with Crippen LogP contribution in [-0.4, -0.2) is 36.6 Å². The van der Waals surface area contributed by atoms with Gasteiger partial charge in [-0.1, -0.05) is 43.0 Å². The Morgan fingerprint density at radius 1 is 1.15 bits per heavy atom. The number of benzene rings is 3. The average molecular weight is 382 g/mol. The summed E-state index contributed by atoms with van der Waals surface area (Å²) in [6.07, 6.45) is 1.10. The van der Waals surface area contributed by atoms with Gasteiger partial charge in [0.25, 0.3) is 0 Å². The van der Waals surface area contributed by atoms with Crippen molar-refractivity contribution in [2.45, 2.75) is 17.9 Å². The Labute approximate surface area is 162 Å². The first-order valence-electron chi connectivity index (χ1n) is 8.63. The van der Waals surface area contributed by atoms with Gasteiger partial charge < -0.3 is 14.6 Å². The summed E-state index contributed by atoms with van der Waals surface area (Å²) in [6, 6.07) is 16.3. The van der Waals surface area contributed by atoms with Gasteiger partial charge in [-0.15, -0.1) is 11.8 Å². The minimum Gasteiger partial charge on any atom is -0.489 e. The van der Waals surface area contributed by atoms with Crippen LogP contribution < -0.4 is 4.74 Å². The van der Waals surface area contributed by atoms with E-state index in [-0.39, 0.29) is 13.2 Å². The second-order valence-corrected chi connectivity index (χ2v) is 7.18. The van der Waals surface area contributed by atoms with E-state index in [1.807, 2.05) is 36.6 Å². The molecule has 140 valence electrons. The molecule has 0 saturated carbocycles. The molecule has 1 N–H and O–H groups in total. The first-order chi connectivity index (χ1) is 13.0. The molecule has 0 aliphatic heterocycles. The van der Waals surface area contributed by atoms with Crippen molar-refractivity contribution < 1.29 is 19.4 Å². The van der Waals surface area contributed by atoms with Crippen molar-refractivity contribution in [3.63, 3.8) is 0 Å². The summed E-state index contributed by atoms with van der Waals surface area (Å²) in [7, 11) is 0. The Morgan fingerprint density at radius 2 is 1.89 bits per heavy atom. The summed E-state index contributed by atoms with van der Waals surface area (Å²) < 4.78 is 11.1. The highest BCUT2D eigenvalue weighted by atomic mass is 32.2. The summed E-state index contributed by atoms with van der Waals surface area (Å²) >= 11 is 1.65. The van der Waals surface area contributed by atoms with Crippen LogP contribution in [-0.2, 0) is 9.53 Å². The zero-order valence-corrected chi connectivity index (χ0v) is 16.2. The topological polar surface area (TPSA) is 55.8 Å². The number of hydrogen-bond donors (Lipinski definition) is 1. The van der Waals surface area contributed by atoms with Crippen molar-refractivity contribution >= 4 is 39.3 Å². The third-order valence-electron chi connectivity index (χ3n) is 4.20. The molecular weight excluding hydrogens is 360 g/mol. The SMILES string of the molecule is C=C(C)C(=O)OCC(O)COc1c2ccccc2cc2cccc(SC)c12. The lowest BCUT2D eigenvalue weighted by molar-refractivity contribution is -0.142. The largest absolute Gasteiger partial charge is 0.489 e. The normalized spacial score (nSPS) is 12.1. The number of aliphatic hydroxyl groups excluding tert-OH is 1. The number of ether oxygens (including phenoxy) is 2. The maximum atomic E-state index is 11.5. The summed E-state index contributed by atoms with van der Waals surface area (Å²) in [6.45, 7) is 4.98. The molecule has 1 atom stereocenters. The number of carbonyl (C=O) groups is 1. The number of rotatable bonds is 7. The summed E-state index contributed by atoms with van der Waals surface area (Å²) in [5, 5.41) is 14.3. The number of aliphatic hydroxyl groups is 1. The molecule has 0 saturated heterocycles. The molecular formula is C22H22O4S. The van der Waals surface area contributed by atoms with E-state index < -0.39 is 12.1 Å². The lowest BCUT2D eigenvalue weighted by Crippen LogP contribution is -2.25. The van der Waals surface area contributed by atoms with E-state index in [1.54, 1.807) is 18.7 Å². The van der Waals surface area contributed by atoms with Crippen molar-refractivity contribution in [3.8, 4) is 5.75 Å². The lowest BCUT2D eigenvalue weighted by Gasteiger charge is -2.17. The molecule has 0 radical (unpaired) electrons. The van der Waals surface area contributed by atoms with Crippen LogP contribution in [0.15, 0.2) is 65.6 Å². The van der Waals surface area contributed by atoms with E-state index in [0.29, 0.717) is 5.57 Å². The van der Waals surface area contributed by atoms with Gasteiger partial charge >= 0.3 is 5.97 Å². The van der Waals surface area contributed by atoms with E-state index in [1.165, 1.54) is 0 Å². The number of hydrogen-bond acceptors (Lipinski definition) is 5. The van der Waals surface area contributed by atoms with Gasteiger partial charge in [-0.25, -0.2) is 4.79 Å². The van der Waals surface area contributed by atoms with E-state index in [2.05, 4.69) is 24.8 Å². The molecule has 5 heteroatoms. The van der Waals surface area contributed by atoms with Crippen molar-refractivity contribution in [2.24, 2.45) is 0 Å². The van der Waals surface area contributed by atoms with Crippen LogP contribution in [0.5, 0.6) is 5.75 Å². The van der Waals surface area contributed by atoms with Gasteiger partial charge in [-0.2, -0.15) is 0 Å². The number of thioether (sulfide) groups is 1. The highest BCUT2D eigenvalue weighted by Crippen LogP contribution is 2.39. The molecule has 0 aliphatic rings. The fourth-order valence-corrected chi connectivity index (χ4v) is 3.52. The molecule has 27 heavy (non-hydrogen) atoms. The first-order valence-corrected chi connectivity index (χ1v) is 9.85. The molecule has 0 bridgehead atoms. The predicted molar refractivity (Wildman–Crippen MR) is 111 cm³/mol. The van der Waals surface area contributed by atoms with Crippen molar-refractivity contribution in [1.82, 2.24) is 0 Å². The molecule has 0 amide bonds. The first kappa shape index (κ1) is 19.3. The zero-order chi connectivity index (χ0) is 19.4. The van der Waals surface area contributed by atoms with Crippen LogP contribution in [0.3, 0.4) is 0 Å². The Kier molecular flexibility index (Phi) is 6.04. The lowest BCUT2D eigenvalue weighted by atomic mass is 10.0. The minimum atomic E-state index is -0.927. The van der Waals surface area contributed by atoms with E-state index in [0.717, 1.165) is 32.2 Å². The number of esters is 1. The molecule has 4 nitrogen and oxygen atoms in total. The molecule has 3 aromatic carbocycles. The van der Waals surface area contributed by atoms with Crippen LogP contribution in [0.25, 0.3) is 21.5 Å². The van der Waals surface area contributed by atoms with E-state index in [4.69, 9.17) is 9.47 Å². The Hall–Kier alpha value is -2.50. The van der Waals surface area contributed by atoms with Crippen LogP contribution in [0.1, 0.15) is 6.92 Å². The van der Waals surface area contributed by atoms with E-state index >= 15 is 0 Å². The molecule has 0 fully saturated rings. The molecule has 3 rings (SSSR count). The summed E-state index contributed by atoms with van der Waals surface area (Å²) in [4.78, 5) is 12.6. The third-order valence-corrected chi connectivity index (χ3v) is 4.98. The molecule has 0 heterocycles. The van der Waals surface area contributed by atoms with Crippen LogP contribution in [0.2, 0.25) is 0 Å². The Balaban J connectivity index is 1.91. The maximum Gasteiger partial charge on any atom is 0.333 e. The third kappa shape index (κ3) is 4.26. The summed E-state index contributed by atoms with van der Waals surface area (Å²) in [5.74, 6) is 0.215. The summed E-state index contributed by atoms with van der Waals surface area (Å²) in [5.41, 5.74) is 0.299. The Morgan fingerprint density at radius 3 is 2.63 bits per heavy atom. The van der Waals surface area contributed by atoms with Gasteiger partial charge in [0.2, 0.25) is 0 Å².